The zero-order valence-corrected chi connectivity index (χ0v) is 12.2. The van der Waals surface area contributed by atoms with Gasteiger partial charge in [-0.1, -0.05) is 38.1 Å². The summed E-state index contributed by atoms with van der Waals surface area (Å²) >= 11 is 0. The molecule has 2 atom stereocenters. The van der Waals surface area contributed by atoms with Gasteiger partial charge in [-0.25, -0.2) is 0 Å². The van der Waals surface area contributed by atoms with Crippen LogP contribution in [0.15, 0.2) is 24.3 Å². The van der Waals surface area contributed by atoms with Crippen LogP contribution in [-0.4, -0.2) is 18.0 Å². The smallest absolute Gasteiger partial charge is 0.0369 e. The molecule has 1 saturated heterocycles. The monoisotopic (exact) mass is 258 g/mol. The van der Waals surface area contributed by atoms with Crippen LogP contribution in [-0.2, 0) is 0 Å². The molecule has 104 valence electrons. The van der Waals surface area contributed by atoms with Crippen molar-refractivity contribution < 1.29 is 0 Å². The average molecular weight is 258 g/mol. The van der Waals surface area contributed by atoms with Crippen molar-refractivity contribution in [1.82, 2.24) is 4.90 Å². The lowest BCUT2D eigenvalue weighted by Gasteiger charge is -2.30. The van der Waals surface area contributed by atoms with E-state index in [2.05, 4.69) is 43.0 Å². The molecule has 1 aliphatic carbocycles. The Bertz CT molecular complexity index is 450. The van der Waals surface area contributed by atoms with E-state index >= 15 is 0 Å². The number of hydrogen-bond donors (Lipinski definition) is 1. The van der Waals surface area contributed by atoms with Crippen LogP contribution in [0.3, 0.4) is 0 Å². The van der Waals surface area contributed by atoms with Crippen molar-refractivity contribution in [2.45, 2.75) is 51.6 Å². The maximum atomic E-state index is 6.31. The van der Waals surface area contributed by atoms with Gasteiger partial charge >= 0.3 is 0 Å². The fraction of sp³-hybridized carbons (Fsp3) is 0.647. The van der Waals surface area contributed by atoms with Crippen LogP contribution < -0.4 is 5.73 Å². The van der Waals surface area contributed by atoms with E-state index in [1.54, 1.807) is 0 Å². The van der Waals surface area contributed by atoms with Gasteiger partial charge < -0.3 is 5.73 Å². The molecule has 1 aliphatic heterocycles. The first-order valence-corrected chi connectivity index (χ1v) is 7.77. The zero-order valence-electron chi connectivity index (χ0n) is 12.2. The first-order chi connectivity index (χ1) is 9.19. The highest BCUT2D eigenvalue weighted by atomic mass is 15.2. The van der Waals surface area contributed by atoms with Gasteiger partial charge in [-0.05, 0) is 48.8 Å². The maximum absolute atomic E-state index is 6.31. The Balaban J connectivity index is 1.82. The van der Waals surface area contributed by atoms with Crippen LogP contribution in [0.4, 0.5) is 0 Å². The summed E-state index contributed by atoms with van der Waals surface area (Å²) in [5, 5.41) is 0. The number of rotatable bonds is 3. The number of benzene rings is 1. The Hall–Kier alpha value is -0.860. The third kappa shape index (κ3) is 2.11. The second-order valence-electron chi connectivity index (χ2n) is 6.41. The molecular formula is C17H26N2. The van der Waals surface area contributed by atoms with Gasteiger partial charge in [0.1, 0.15) is 0 Å². The molecule has 1 aromatic carbocycles. The molecule has 0 amide bonds. The summed E-state index contributed by atoms with van der Waals surface area (Å²) in [7, 11) is 0. The van der Waals surface area contributed by atoms with Gasteiger partial charge in [0.25, 0.3) is 0 Å². The molecule has 0 spiro atoms. The van der Waals surface area contributed by atoms with E-state index in [1.807, 2.05) is 0 Å². The molecule has 1 fully saturated rings. The number of fused-ring (bicyclic) bond motifs is 1. The van der Waals surface area contributed by atoms with E-state index in [-0.39, 0.29) is 6.04 Å². The predicted molar refractivity (Wildman–Crippen MR) is 79.9 cm³/mol. The largest absolute Gasteiger partial charge is 0.324 e. The SMILES string of the molecule is CCC1(CC)CCN(C2CC(N)c3ccccc32)C1. The first kappa shape index (κ1) is 13.1. The molecule has 2 heteroatoms. The highest BCUT2D eigenvalue weighted by Gasteiger charge is 2.41. The topological polar surface area (TPSA) is 29.3 Å². The van der Waals surface area contributed by atoms with Gasteiger partial charge in [0.05, 0.1) is 0 Å². The fourth-order valence-electron chi connectivity index (χ4n) is 4.06. The quantitative estimate of drug-likeness (QED) is 0.897. The van der Waals surface area contributed by atoms with Gasteiger partial charge in [0.2, 0.25) is 0 Å². The summed E-state index contributed by atoms with van der Waals surface area (Å²) in [5.41, 5.74) is 9.72. The predicted octanol–water partition coefficient (Wildman–Crippen LogP) is 3.64. The second kappa shape index (κ2) is 4.92. The van der Waals surface area contributed by atoms with Gasteiger partial charge in [-0.2, -0.15) is 0 Å². The molecule has 19 heavy (non-hydrogen) atoms. The lowest BCUT2D eigenvalue weighted by atomic mass is 9.82. The van der Waals surface area contributed by atoms with Crippen LogP contribution in [0.5, 0.6) is 0 Å². The summed E-state index contributed by atoms with van der Waals surface area (Å²) in [6, 6.07) is 9.57. The third-order valence-corrected chi connectivity index (χ3v) is 5.64. The normalized spacial score (nSPS) is 29.6. The standard InChI is InChI=1S/C17H26N2/c1-3-17(4-2)9-10-19(12-17)16-11-15(18)13-7-5-6-8-14(13)16/h5-8,15-16H,3-4,9-12,18H2,1-2H3. The van der Waals surface area contributed by atoms with E-state index in [4.69, 9.17) is 5.73 Å². The number of likely N-dealkylation sites (tertiary alicyclic amines) is 1. The van der Waals surface area contributed by atoms with Crippen LogP contribution >= 0.6 is 0 Å². The average Bonchev–Trinajstić information content (AvgIpc) is 3.02. The Labute approximate surface area is 117 Å². The molecular weight excluding hydrogens is 232 g/mol. The van der Waals surface area contributed by atoms with Crippen molar-refractivity contribution in [3.63, 3.8) is 0 Å². The van der Waals surface area contributed by atoms with Crippen LogP contribution in [0.25, 0.3) is 0 Å². The van der Waals surface area contributed by atoms with Crippen molar-refractivity contribution in [2.24, 2.45) is 11.1 Å². The number of nitrogens with two attached hydrogens (primary N) is 1. The summed E-state index contributed by atoms with van der Waals surface area (Å²) < 4.78 is 0. The third-order valence-electron chi connectivity index (χ3n) is 5.64. The molecule has 2 unspecified atom stereocenters. The molecule has 0 radical (unpaired) electrons. The highest BCUT2D eigenvalue weighted by Crippen LogP contribution is 2.46. The van der Waals surface area contributed by atoms with E-state index in [0.717, 1.165) is 6.42 Å². The lowest BCUT2D eigenvalue weighted by Crippen LogP contribution is -2.29. The van der Waals surface area contributed by atoms with Gasteiger partial charge in [0, 0.05) is 18.6 Å². The van der Waals surface area contributed by atoms with Gasteiger partial charge in [0.15, 0.2) is 0 Å². The molecule has 2 N–H and O–H groups in total. The summed E-state index contributed by atoms with van der Waals surface area (Å²) in [6.07, 6.45) is 5.07. The van der Waals surface area contributed by atoms with E-state index in [1.165, 1.54) is 43.5 Å². The fourth-order valence-corrected chi connectivity index (χ4v) is 4.06. The summed E-state index contributed by atoms with van der Waals surface area (Å²) in [6.45, 7) is 7.20. The van der Waals surface area contributed by atoms with Crippen LogP contribution in [0.1, 0.15) is 62.7 Å². The van der Waals surface area contributed by atoms with Crippen LogP contribution in [0, 0.1) is 5.41 Å². The molecule has 2 nitrogen and oxygen atoms in total. The highest BCUT2D eigenvalue weighted by molar-refractivity contribution is 5.37. The number of hydrogen-bond acceptors (Lipinski definition) is 2. The van der Waals surface area contributed by atoms with Crippen LogP contribution in [0.2, 0.25) is 0 Å². The van der Waals surface area contributed by atoms with Gasteiger partial charge in [-0.3, -0.25) is 4.90 Å². The Morgan fingerprint density at radius 1 is 1.21 bits per heavy atom. The zero-order chi connectivity index (χ0) is 13.5. The molecule has 0 bridgehead atoms. The van der Waals surface area contributed by atoms with Crippen molar-refractivity contribution in [1.29, 1.82) is 0 Å². The van der Waals surface area contributed by atoms with Crippen molar-refractivity contribution >= 4 is 0 Å². The Morgan fingerprint density at radius 2 is 1.89 bits per heavy atom. The van der Waals surface area contributed by atoms with E-state index in [9.17, 15) is 0 Å². The molecule has 0 saturated carbocycles. The maximum Gasteiger partial charge on any atom is 0.0369 e. The minimum absolute atomic E-state index is 0.236. The Morgan fingerprint density at radius 3 is 2.53 bits per heavy atom. The number of nitrogens with zero attached hydrogens (tertiary/aromatic N) is 1. The summed E-state index contributed by atoms with van der Waals surface area (Å²) in [5.74, 6) is 0. The lowest BCUT2D eigenvalue weighted by molar-refractivity contribution is 0.190. The molecule has 2 aliphatic rings. The van der Waals surface area contributed by atoms with Crippen molar-refractivity contribution in [3.8, 4) is 0 Å². The molecule has 1 heterocycles. The van der Waals surface area contributed by atoms with E-state index in [0.29, 0.717) is 11.5 Å². The van der Waals surface area contributed by atoms with Crippen molar-refractivity contribution in [3.05, 3.63) is 35.4 Å². The minimum Gasteiger partial charge on any atom is -0.324 e. The first-order valence-electron chi connectivity index (χ1n) is 7.77. The second-order valence-corrected chi connectivity index (χ2v) is 6.41. The Kier molecular flexibility index (Phi) is 3.40. The summed E-state index contributed by atoms with van der Waals surface area (Å²) in [4.78, 5) is 2.69. The molecule has 0 aromatic heterocycles. The van der Waals surface area contributed by atoms with E-state index < -0.39 is 0 Å². The van der Waals surface area contributed by atoms with Crippen molar-refractivity contribution in [2.75, 3.05) is 13.1 Å². The molecule has 1 aromatic rings. The van der Waals surface area contributed by atoms with Gasteiger partial charge in [-0.15, -0.1) is 0 Å². The molecule has 3 rings (SSSR count). The minimum atomic E-state index is 0.236.